The average Bonchev–Trinajstić information content (AvgIpc) is 2.84. The highest BCUT2D eigenvalue weighted by Crippen LogP contribution is 2.20. The van der Waals surface area contributed by atoms with Crippen LogP contribution >= 0.6 is 11.3 Å². The van der Waals surface area contributed by atoms with Crippen molar-refractivity contribution in [1.29, 1.82) is 0 Å². The third kappa shape index (κ3) is 3.12. The zero-order valence-corrected chi connectivity index (χ0v) is 12.0. The number of carbonyl (C=O) groups is 1. The van der Waals surface area contributed by atoms with Gasteiger partial charge in [0.15, 0.2) is 0 Å². The van der Waals surface area contributed by atoms with Crippen LogP contribution in [0.3, 0.4) is 0 Å². The van der Waals surface area contributed by atoms with Gasteiger partial charge < -0.3 is 10.6 Å². The van der Waals surface area contributed by atoms with E-state index in [0.29, 0.717) is 6.54 Å². The van der Waals surface area contributed by atoms with Crippen LogP contribution in [0.25, 0.3) is 0 Å². The van der Waals surface area contributed by atoms with Crippen LogP contribution in [-0.4, -0.2) is 18.0 Å². The Morgan fingerprint density at radius 3 is 2.83 bits per heavy atom. The molecule has 0 aromatic carbocycles. The molecule has 2 rings (SSSR count). The highest BCUT2D eigenvalue weighted by atomic mass is 32.1. The fourth-order valence-corrected chi connectivity index (χ4v) is 3.22. The second kappa shape index (κ2) is 5.85. The summed E-state index contributed by atoms with van der Waals surface area (Å²) in [5, 5.41) is 6.39. The van der Waals surface area contributed by atoms with Crippen molar-refractivity contribution in [3.05, 3.63) is 21.9 Å². The zero-order chi connectivity index (χ0) is 13.0. The van der Waals surface area contributed by atoms with Gasteiger partial charge in [-0.05, 0) is 51.3 Å². The van der Waals surface area contributed by atoms with Crippen molar-refractivity contribution in [3.8, 4) is 0 Å². The maximum absolute atomic E-state index is 12.2. The smallest absolute Gasteiger partial charge is 0.240 e. The van der Waals surface area contributed by atoms with Gasteiger partial charge in [-0.2, -0.15) is 0 Å². The molecule has 3 nitrogen and oxygen atoms in total. The van der Waals surface area contributed by atoms with E-state index in [1.807, 2.05) is 6.92 Å². The van der Waals surface area contributed by atoms with E-state index in [1.54, 1.807) is 11.3 Å². The van der Waals surface area contributed by atoms with Crippen LogP contribution < -0.4 is 10.6 Å². The summed E-state index contributed by atoms with van der Waals surface area (Å²) in [5.41, 5.74) is -0.372. The highest BCUT2D eigenvalue weighted by molar-refractivity contribution is 7.11. The monoisotopic (exact) mass is 266 g/mol. The van der Waals surface area contributed by atoms with E-state index in [9.17, 15) is 4.79 Å². The number of hydrogen-bond donors (Lipinski definition) is 2. The summed E-state index contributed by atoms with van der Waals surface area (Å²) in [6.45, 7) is 5.76. The van der Waals surface area contributed by atoms with Gasteiger partial charge in [0.25, 0.3) is 0 Å². The van der Waals surface area contributed by atoms with Gasteiger partial charge >= 0.3 is 0 Å². The predicted molar refractivity (Wildman–Crippen MR) is 75.8 cm³/mol. The van der Waals surface area contributed by atoms with E-state index in [4.69, 9.17) is 0 Å². The first-order chi connectivity index (χ1) is 8.64. The number of amides is 1. The molecule has 1 aliphatic heterocycles. The molecule has 0 bridgehead atoms. The van der Waals surface area contributed by atoms with E-state index >= 15 is 0 Å². The molecule has 2 heterocycles. The Hall–Kier alpha value is -0.870. The molecule has 1 aromatic heterocycles. The van der Waals surface area contributed by atoms with Gasteiger partial charge in [-0.25, -0.2) is 0 Å². The molecule has 100 valence electrons. The van der Waals surface area contributed by atoms with Crippen molar-refractivity contribution in [2.75, 3.05) is 6.54 Å². The lowest BCUT2D eigenvalue weighted by Crippen LogP contribution is -2.56. The van der Waals surface area contributed by atoms with Gasteiger partial charge in [0.2, 0.25) is 5.91 Å². The van der Waals surface area contributed by atoms with Crippen LogP contribution in [0, 0.1) is 0 Å². The maximum atomic E-state index is 12.2. The van der Waals surface area contributed by atoms with Crippen LogP contribution in [0.5, 0.6) is 0 Å². The van der Waals surface area contributed by atoms with Crippen LogP contribution in [0.1, 0.15) is 42.9 Å². The van der Waals surface area contributed by atoms with E-state index < -0.39 is 0 Å². The van der Waals surface area contributed by atoms with E-state index in [0.717, 1.165) is 25.8 Å². The molecular formula is C14H22N2OS. The molecule has 1 aromatic rings. The van der Waals surface area contributed by atoms with Gasteiger partial charge in [0, 0.05) is 9.75 Å². The van der Waals surface area contributed by atoms with E-state index in [2.05, 4.69) is 29.7 Å². The summed E-state index contributed by atoms with van der Waals surface area (Å²) in [6.07, 6.45) is 4.31. The normalized spacial score (nSPS) is 23.9. The quantitative estimate of drug-likeness (QED) is 0.879. The predicted octanol–water partition coefficient (Wildman–Crippen LogP) is 2.46. The largest absolute Gasteiger partial charge is 0.350 e. The Bertz CT molecular complexity index is 408. The molecule has 1 fully saturated rings. The van der Waals surface area contributed by atoms with Crippen LogP contribution in [0.4, 0.5) is 0 Å². The standard InChI is InChI=1S/C14H22N2OS/c1-3-11-6-7-12(18-11)10-15-13(17)14(2)8-4-5-9-16-14/h6-7,16H,3-5,8-10H2,1-2H3,(H,15,17). The Labute approximate surface area is 113 Å². The average molecular weight is 266 g/mol. The summed E-state index contributed by atoms with van der Waals surface area (Å²) < 4.78 is 0. The van der Waals surface area contributed by atoms with Gasteiger partial charge in [0.05, 0.1) is 12.1 Å². The lowest BCUT2D eigenvalue weighted by atomic mass is 9.90. The lowest BCUT2D eigenvalue weighted by molar-refractivity contribution is -0.128. The molecule has 4 heteroatoms. The summed E-state index contributed by atoms with van der Waals surface area (Å²) in [7, 11) is 0. The Morgan fingerprint density at radius 2 is 2.22 bits per heavy atom. The van der Waals surface area contributed by atoms with Gasteiger partial charge in [-0.1, -0.05) is 6.92 Å². The topological polar surface area (TPSA) is 41.1 Å². The van der Waals surface area contributed by atoms with Gasteiger partial charge in [-0.3, -0.25) is 4.79 Å². The number of nitrogens with one attached hydrogen (secondary N) is 2. The van der Waals surface area contributed by atoms with Gasteiger partial charge in [-0.15, -0.1) is 11.3 Å². The van der Waals surface area contributed by atoms with Gasteiger partial charge in [0.1, 0.15) is 0 Å². The number of piperidine rings is 1. The molecule has 2 N–H and O–H groups in total. The molecule has 1 saturated heterocycles. The van der Waals surface area contributed by atoms with Crippen molar-refractivity contribution in [3.63, 3.8) is 0 Å². The fourth-order valence-electron chi connectivity index (χ4n) is 2.32. The minimum absolute atomic E-state index is 0.133. The number of hydrogen-bond acceptors (Lipinski definition) is 3. The maximum Gasteiger partial charge on any atom is 0.240 e. The first-order valence-corrected chi connectivity index (χ1v) is 7.56. The number of carbonyl (C=O) groups excluding carboxylic acids is 1. The SMILES string of the molecule is CCc1ccc(CNC(=O)C2(C)CCCCN2)s1. The molecule has 0 saturated carbocycles. The van der Waals surface area contributed by atoms with Crippen LogP contribution in [0.2, 0.25) is 0 Å². The summed E-state index contributed by atoms with van der Waals surface area (Å²) in [4.78, 5) is 14.8. The molecule has 1 atom stereocenters. The van der Waals surface area contributed by atoms with Crippen molar-refractivity contribution >= 4 is 17.2 Å². The number of thiophene rings is 1. The minimum atomic E-state index is -0.372. The minimum Gasteiger partial charge on any atom is -0.350 e. The molecule has 0 radical (unpaired) electrons. The second-order valence-corrected chi connectivity index (χ2v) is 6.37. The molecule has 1 unspecified atom stereocenters. The van der Waals surface area contributed by atoms with Crippen LogP contribution in [0.15, 0.2) is 12.1 Å². The van der Waals surface area contributed by atoms with Crippen molar-refractivity contribution in [2.24, 2.45) is 0 Å². The van der Waals surface area contributed by atoms with Crippen LogP contribution in [-0.2, 0) is 17.8 Å². The van der Waals surface area contributed by atoms with Crippen molar-refractivity contribution < 1.29 is 4.79 Å². The first-order valence-electron chi connectivity index (χ1n) is 6.75. The number of aryl methyl sites for hydroxylation is 1. The lowest BCUT2D eigenvalue weighted by Gasteiger charge is -2.33. The van der Waals surface area contributed by atoms with E-state index in [1.165, 1.54) is 16.2 Å². The third-order valence-electron chi connectivity index (χ3n) is 3.61. The molecule has 1 aliphatic rings. The summed E-state index contributed by atoms with van der Waals surface area (Å²) in [6, 6.07) is 4.26. The van der Waals surface area contributed by atoms with Crippen molar-refractivity contribution in [1.82, 2.24) is 10.6 Å². The fraction of sp³-hybridized carbons (Fsp3) is 0.643. The first kappa shape index (κ1) is 13.6. The Kier molecular flexibility index (Phi) is 4.40. The summed E-state index contributed by atoms with van der Waals surface area (Å²) >= 11 is 1.79. The Balaban J connectivity index is 1.87. The number of rotatable bonds is 4. The molecule has 0 spiro atoms. The summed E-state index contributed by atoms with van der Waals surface area (Å²) in [5.74, 6) is 0.133. The molecule has 1 amide bonds. The highest BCUT2D eigenvalue weighted by Gasteiger charge is 2.33. The Morgan fingerprint density at radius 1 is 1.44 bits per heavy atom. The molecule has 0 aliphatic carbocycles. The zero-order valence-electron chi connectivity index (χ0n) is 11.2. The molecule has 18 heavy (non-hydrogen) atoms. The third-order valence-corrected chi connectivity index (χ3v) is 4.84. The van der Waals surface area contributed by atoms with E-state index in [-0.39, 0.29) is 11.4 Å². The second-order valence-electron chi connectivity index (χ2n) is 5.12. The van der Waals surface area contributed by atoms with Crippen molar-refractivity contribution in [2.45, 2.75) is 51.6 Å². The molecular weight excluding hydrogens is 244 g/mol.